The minimum absolute atomic E-state index is 0.0186. The van der Waals surface area contributed by atoms with Crippen LogP contribution in [0.5, 0.6) is 0 Å². The molecule has 0 bridgehead atoms. The van der Waals surface area contributed by atoms with Crippen molar-refractivity contribution >= 4 is 27.5 Å². The number of ether oxygens (including phenoxy) is 1. The molecule has 0 unspecified atom stereocenters. The number of sulfonamides is 1. The molecular formula is C16H20ClF3N2O4S. The molecule has 0 spiro atoms. The number of alkyl halides is 3. The highest BCUT2D eigenvalue weighted by Gasteiger charge is 2.35. The summed E-state index contributed by atoms with van der Waals surface area (Å²) in [5, 5.41) is -0.279. The summed E-state index contributed by atoms with van der Waals surface area (Å²) >= 11 is 5.85. The normalized spacial score (nSPS) is 16.6. The van der Waals surface area contributed by atoms with Crippen molar-refractivity contribution in [1.29, 1.82) is 0 Å². The first-order chi connectivity index (χ1) is 12.6. The highest BCUT2D eigenvalue weighted by atomic mass is 35.5. The van der Waals surface area contributed by atoms with E-state index in [4.69, 9.17) is 16.3 Å². The molecule has 6 nitrogen and oxygen atoms in total. The molecule has 1 aliphatic heterocycles. The lowest BCUT2D eigenvalue weighted by molar-refractivity contribution is -0.137. The third-order valence-electron chi connectivity index (χ3n) is 4.13. The van der Waals surface area contributed by atoms with Crippen LogP contribution in [0, 0.1) is 0 Å². The van der Waals surface area contributed by atoms with E-state index < -0.39 is 26.7 Å². The maximum atomic E-state index is 12.9. The van der Waals surface area contributed by atoms with Gasteiger partial charge in [-0.2, -0.15) is 17.5 Å². The zero-order valence-corrected chi connectivity index (χ0v) is 16.2. The van der Waals surface area contributed by atoms with Crippen LogP contribution in [0.15, 0.2) is 23.1 Å². The minimum atomic E-state index is -4.68. The summed E-state index contributed by atoms with van der Waals surface area (Å²) in [5.41, 5.74) is -1.09. The zero-order valence-electron chi connectivity index (χ0n) is 14.6. The Labute approximate surface area is 160 Å². The fourth-order valence-corrected chi connectivity index (χ4v) is 4.58. The Hall–Kier alpha value is -1.36. The maximum absolute atomic E-state index is 12.9. The van der Waals surface area contributed by atoms with Crippen LogP contribution in [0.4, 0.5) is 13.2 Å². The predicted molar refractivity (Wildman–Crippen MR) is 92.9 cm³/mol. The minimum Gasteiger partial charge on any atom is -0.381 e. The van der Waals surface area contributed by atoms with E-state index in [9.17, 15) is 26.4 Å². The molecule has 0 saturated carbocycles. The van der Waals surface area contributed by atoms with Gasteiger partial charge in [-0.1, -0.05) is 11.6 Å². The largest absolute Gasteiger partial charge is 0.416 e. The summed E-state index contributed by atoms with van der Waals surface area (Å²) in [6.07, 6.45) is -4.49. The van der Waals surface area contributed by atoms with Gasteiger partial charge in [-0.05, 0) is 25.1 Å². The standard InChI is InChI=1S/C16H20ClF3N2O4S/c1-2-26-10-5-15(23)21-6-8-22(9-7-21)27(24,25)14-11-12(16(18,19)20)3-4-13(14)17/h3-4,11H,2,5-10H2,1H3. The Kier molecular flexibility index (Phi) is 7.12. The smallest absolute Gasteiger partial charge is 0.381 e. The molecule has 1 aromatic carbocycles. The third-order valence-corrected chi connectivity index (χ3v) is 6.51. The van der Waals surface area contributed by atoms with Crippen molar-refractivity contribution in [1.82, 2.24) is 9.21 Å². The molecule has 152 valence electrons. The van der Waals surface area contributed by atoms with E-state index >= 15 is 0 Å². The predicted octanol–water partition coefficient (Wildman–Crippen LogP) is 2.62. The number of carbonyl (C=O) groups is 1. The summed E-state index contributed by atoms with van der Waals surface area (Å²) in [7, 11) is -4.21. The van der Waals surface area contributed by atoms with Gasteiger partial charge in [0.25, 0.3) is 0 Å². The molecule has 1 fully saturated rings. The number of hydrogen-bond acceptors (Lipinski definition) is 4. The molecule has 0 atom stereocenters. The number of hydrogen-bond donors (Lipinski definition) is 0. The van der Waals surface area contributed by atoms with Crippen molar-refractivity contribution in [3.8, 4) is 0 Å². The summed E-state index contributed by atoms with van der Waals surface area (Å²) in [5.74, 6) is -0.155. The number of piperazine rings is 1. The highest BCUT2D eigenvalue weighted by molar-refractivity contribution is 7.89. The first kappa shape index (κ1) is 21.9. The Balaban J connectivity index is 2.10. The molecule has 1 amide bonds. The van der Waals surface area contributed by atoms with Crippen LogP contribution < -0.4 is 0 Å². The number of rotatable bonds is 6. The number of carbonyl (C=O) groups excluding carboxylic acids is 1. The Morgan fingerprint density at radius 3 is 2.41 bits per heavy atom. The molecule has 1 aliphatic rings. The molecule has 0 radical (unpaired) electrons. The fourth-order valence-electron chi connectivity index (χ4n) is 2.66. The van der Waals surface area contributed by atoms with E-state index in [2.05, 4.69) is 0 Å². The van der Waals surface area contributed by atoms with Crippen molar-refractivity contribution in [2.45, 2.75) is 24.4 Å². The number of halogens is 4. The van der Waals surface area contributed by atoms with Gasteiger partial charge in [0.2, 0.25) is 15.9 Å². The van der Waals surface area contributed by atoms with Gasteiger partial charge in [-0.3, -0.25) is 4.79 Å². The van der Waals surface area contributed by atoms with E-state index in [1.54, 1.807) is 0 Å². The number of nitrogens with zero attached hydrogens (tertiary/aromatic N) is 2. The second-order valence-electron chi connectivity index (χ2n) is 5.87. The molecule has 2 rings (SSSR count). The van der Waals surface area contributed by atoms with Crippen LogP contribution in [0.1, 0.15) is 18.9 Å². The SMILES string of the molecule is CCOCCC(=O)N1CCN(S(=O)(=O)c2cc(C(F)(F)F)ccc2Cl)CC1. The number of amides is 1. The van der Waals surface area contributed by atoms with Crippen LogP contribution in [0.3, 0.4) is 0 Å². The Bertz CT molecular complexity index is 778. The molecule has 0 N–H and O–H groups in total. The van der Waals surface area contributed by atoms with Gasteiger partial charge in [-0.25, -0.2) is 8.42 Å². The van der Waals surface area contributed by atoms with Crippen molar-refractivity contribution in [2.75, 3.05) is 39.4 Å². The molecule has 27 heavy (non-hydrogen) atoms. The molecule has 0 aromatic heterocycles. The van der Waals surface area contributed by atoms with Gasteiger partial charge in [0.15, 0.2) is 0 Å². The van der Waals surface area contributed by atoms with Crippen LogP contribution >= 0.6 is 11.6 Å². The van der Waals surface area contributed by atoms with E-state index in [1.807, 2.05) is 6.92 Å². The first-order valence-corrected chi connectivity index (χ1v) is 10.1. The van der Waals surface area contributed by atoms with E-state index in [0.717, 1.165) is 16.4 Å². The number of benzene rings is 1. The molecule has 11 heteroatoms. The van der Waals surface area contributed by atoms with Crippen LogP contribution in [0.25, 0.3) is 0 Å². The van der Waals surface area contributed by atoms with Gasteiger partial charge in [0.05, 0.1) is 23.6 Å². The quantitative estimate of drug-likeness (QED) is 0.653. The second-order valence-corrected chi connectivity index (χ2v) is 8.19. The van der Waals surface area contributed by atoms with Gasteiger partial charge in [0.1, 0.15) is 4.90 Å². The first-order valence-electron chi connectivity index (χ1n) is 8.29. The molecule has 0 aliphatic carbocycles. The van der Waals surface area contributed by atoms with Gasteiger partial charge in [0, 0.05) is 32.8 Å². The molecule has 1 saturated heterocycles. The summed E-state index contributed by atoms with van der Waals surface area (Å²) in [6, 6.07) is 2.19. The molecule has 1 aromatic rings. The van der Waals surface area contributed by atoms with E-state index in [-0.39, 0.29) is 50.1 Å². The van der Waals surface area contributed by atoms with Gasteiger partial charge < -0.3 is 9.64 Å². The topological polar surface area (TPSA) is 66.9 Å². The lowest BCUT2D eigenvalue weighted by Crippen LogP contribution is -2.50. The van der Waals surface area contributed by atoms with Crippen LogP contribution in [-0.2, 0) is 25.7 Å². The average Bonchev–Trinajstić information content (AvgIpc) is 2.61. The summed E-state index contributed by atoms with van der Waals surface area (Å²) < 4.78 is 70.3. The van der Waals surface area contributed by atoms with Gasteiger partial charge >= 0.3 is 6.18 Å². The average molecular weight is 429 g/mol. The van der Waals surface area contributed by atoms with E-state index in [0.29, 0.717) is 12.7 Å². The zero-order chi connectivity index (χ0) is 20.2. The molecular weight excluding hydrogens is 409 g/mol. The Morgan fingerprint density at radius 2 is 1.85 bits per heavy atom. The van der Waals surface area contributed by atoms with Crippen molar-refractivity contribution in [2.24, 2.45) is 0 Å². The molecule has 1 heterocycles. The van der Waals surface area contributed by atoms with Crippen molar-refractivity contribution < 1.29 is 31.1 Å². The van der Waals surface area contributed by atoms with Crippen molar-refractivity contribution in [3.05, 3.63) is 28.8 Å². The highest BCUT2D eigenvalue weighted by Crippen LogP contribution is 2.34. The fraction of sp³-hybridized carbons (Fsp3) is 0.562. The second kappa shape index (κ2) is 8.76. The summed E-state index contributed by atoms with van der Waals surface area (Å²) in [4.78, 5) is 13.0. The van der Waals surface area contributed by atoms with Crippen LogP contribution in [-0.4, -0.2) is 62.9 Å². The van der Waals surface area contributed by atoms with Gasteiger partial charge in [-0.15, -0.1) is 0 Å². The monoisotopic (exact) mass is 428 g/mol. The lowest BCUT2D eigenvalue weighted by atomic mass is 10.2. The van der Waals surface area contributed by atoms with Crippen LogP contribution in [0.2, 0.25) is 5.02 Å². The summed E-state index contributed by atoms with van der Waals surface area (Å²) in [6.45, 7) is 2.86. The van der Waals surface area contributed by atoms with Crippen molar-refractivity contribution in [3.63, 3.8) is 0 Å². The third kappa shape index (κ3) is 5.34. The van der Waals surface area contributed by atoms with E-state index in [1.165, 1.54) is 4.90 Å². The lowest BCUT2D eigenvalue weighted by Gasteiger charge is -2.34. The maximum Gasteiger partial charge on any atom is 0.416 e. The Morgan fingerprint density at radius 1 is 1.22 bits per heavy atom.